The molecular formula is C15H19N3O2. The van der Waals surface area contributed by atoms with E-state index < -0.39 is 0 Å². The number of anilines is 2. The Morgan fingerprint density at radius 3 is 2.65 bits per heavy atom. The average molecular weight is 273 g/mol. The Balaban J connectivity index is 2.44. The van der Waals surface area contributed by atoms with Crippen LogP contribution in [-0.2, 0) is 7.05 Å². The summed E-state index contributed by atoms with van der Waals surface area (Å²) in [5.74, 6) is 0.00338. The summed E-state index contributed by atoms with van der Waals surface area (Å²) < 4.78 is 1.71. The maximum Gasteiger partial charge on any atom is 0.274 e. The first kappa shape index (κ1) is 14.0. The fourth-order valence-electron chi connectivity index (χ4n) is 2.25. The molecule has 2 aromatic rings. The second-order valence-corrected chi connectivity index (χ2v) is 4.79. The van der Waals surface area contributed by atoms with E-state index >= 15 is 0 Å². The molecule has 3 N–H and O–H groups in total. The van der Waals surface area contributed by atoms with Crippen molar-refractivity contribution in [2.24, 2.45) is 7.05 Å². The lowest BCUT2D eigenvalue weighted by Crippen LogP contribution is -2.32. The van der Waals surface area contributed by atoms with E-state index in [1.165, 1.54) is 0 Å². The van der Waals surface area contributed by atoms with Gasteiger partial charge in [-0.2, -0.15) is 0 Å². The number of phenols is 1. The Morgan fingerprint density at radius 1 is 1.40 bits per heavy atom. The SMILES string of the molecule is CCN(C(=O)c1cc(N)cn1C)c1cc(O)ccc1C. The van der Waals surface area contributed by atoms with Crippen LogP contribution in [0.5, 0.6) is 5.75 Å². The van der Waals surface area contributed by atoms with E-state index in [0.29, 0.717) is 23.6 Å². The first-order chi connectivity index (χ1) is 9.43. The molecule has 1 aromatic heterocycles. The standard InChI is InChI=1S/C15H19N3O2/c1-4-18(13-8-12(19)6-5-10(13)2)15(20)14-7-11(16)9-17(14)3/h5-9,19H,4,16H2,1-3H3. The van der Waals surface area contributed by atoms with Crippen molar-refractivity contribution in [3.05, 3.63) is 41.7 Å². The second-order valence-electron chi connectivity index (χ2n) is 4.79. The number of amides is 1. The van der Waals surface area contributed by atoms with Crippen LogP contribution in [0.15, 0.2) is 30.5 Å². The molecule has 1 aromatic carbocycles. The molecule has 0 atom stereocenters. The number of benzene rings is 1. The van der Waals surface area contributed by atoms with Crippen LogP contribution in [0.2, 0.25) is 0 Å². The Labute approximate surface area is 118 Å². The van der Waals surface area contributed by atoms with Gasteiger partial charge in [0.25, 0.3) is 5.91 Å². The maximum atomic E-state index is 12.6. The topological polar surface area (TPSA) is 71.5 Å². The van der Waals surface area contributed by atoms with Gasteiger partial charge in [0, 0.05) is 25.9 Å². The van der Waals surface area contributed by atoms with Crippen LogP contribution in [0, 0.1) is 6.92 Å². The van der Waals surface area contributed by atoms with Gasteiger partial charge in [0.05, 0.1) is 11.4 Å². The molecule has 20 heavy (non-hydrogen) atoms. The Hall–Kier alpha value is -2.43. The molecule has 0 fully saturated rings. The van der Waals surface area contributed by atoms with Crippen LogP contribution in [0.1, 0.15) is 23.0 Å². The molecule has 0 aliphatic heterocycles. The van der Waals surface area contributed by atoms with Crippen LogP contribution in [0.3, 0.4) is 0 Å². The smallest absolute Gasteiger partial charge is 0.274 e. The number of aryl methyl sites for hydroxylation is 2. The van der Waals surface area contributed by atoms with Crippen LogP contribution in [0.4, 0.5) is 11.4 Å². The molecule has 5 heteroatoms. The molecule has 0 spiro atoms. The second kappa shape index (κ2) is 5.28. The van der Waals surface area contributed by atoms with Crippen molar-refractivity contribution in [2.45, 2.75) is 13.8 Å². The van der Waals surface area contributed by atoms with Gasteiger partial charge in [0.15, 0.2) is 0 Å². The largest absolute Gasteiger partial charge is 0.508 e. The number of rotatable bonds is 3. The summed E-state index contributed by atoms with van der Waals surface area (Å²) in [6.07, 6.45) is 1.70. The van der Waals surface area contributed by atoms with E-state index in [0.717, 1.165) is 5.56 Å². The average Bonchev–Trinajstić information content (AvgIpc) is 2.73. The lowest BCUT2D eigenvalue weighted by atomic mass is 10.1. The number of carbonyl (C=O) groups is 1. The zero-order valence-corrected chi connectivity index (χ0v) is 11.9. The third-order valence-corrected chi connectivity index (χ3v) is 3.29. The van der Waals surface area contributed by atoms with Gasteiger partial charge < -0.3 is 20.3 Å². The lowest BCUT2D eigenvalue weighted by Gasteiger charge is -2.23. The molecule has 2 rings (SSSR count). The Morgan fingerprint density at radius 2 is 2.10 bits per heavy atom. The third kappa shape index (κ3) is 2.47. The minimum atomic E-state index is -0.139. The zero-order valence-electron chi connectivity index (χ0n) is 11.9. The predicted molar refractivity (Wildman–Crippen MR) is 80.0 cm³/mol. The minimum Gasteiger partial charge on any atom is -0.508 e. The van der Waals surface area contributed by atoms with Gasteiger partial charge in [-0.05, 0) is 31.5 Å². The number of phenolic OH excluding ortho intramolecular Hbond substituents is 1. The fourth-order valence-corrected chi connectivity index (χ4v) is 2.25. The van der Waals surface area contributed by atoms with Gasteiger partial charge in [-0.15, -0.1) is 0 Å². The highest BCUT2D eigenvalue weighted by molar-refractivity contribution is 6.06. The molecule has 0 saturated carbocycles. The quantitative estimate of drug-likeness (QED) is 0.901. The summed E-state index contributed by atoms with van der Waals surface area (Å²) >= 11 is 0. The van der Waals surface area contributed by atoms with Crippen molar-refractivity contribution in [3.8, 4) is 5.75 Å². The Bertz CT molecular complexity index is 647. The number of hydrogen-bond acceptors (Lipinski definition) is 3. The van der Waals surface area contributed by atoms with Crippen molar-refractivity contribution in [2.75, 3.05) is 17.2 Å². The molecule has 1 heterocycles. The molecule has 0 aliphatic rings. The van der Waals surface area contributed by atoms with Crippen LogP contribution < -0.4 is 10.6 Å². The van der Waals surface area contributed by atoms with Gasteiger partial charge in [-0.25, -0.2) is 0 Å². The van der Waals surface area contributed by atoms with Crippen molar-refractivity contribution < 1.29 is 9.90 Å². The summed E-state index contributed by atoms with van der Waals surface area (Å²) in [5.41, 5.74) is 8.43. The highest BCUT2D eigenvalue weighted by atomic mass is 16.3. The van der Waals surface area contributed by atoms with Crippen molar-refractivity contribution in [1.29, 1.82) is 0 Å². The summed E-state index contributed by atoms with van der Waals surface area (Å²) in [6.45, 7) is 4.31. The maximum absolute atomic E-state index is 12.6. The molecule has 5 nitrogen and oxygen atoms in total. The predicted octanol–water partition coefficient (Wildman–Crippen LogP) is 2.29. The van der Waals surface area contributed by atoms with Crippen molar-refractivity contribution in [3.63, 3.8) is 0 Å². The van der Waals surface area contributed by atoms with E-state index in [4.69, 9.17) is 5.73 Å². The lowest BCUT2D eigenvalue weighted by molar-refractivity contribution is 0.0980. The van der Waals surface area contributed by atoms with E-state index in [2.05, 4.69) is 0 Å². The molecule has 0 saturated heterocycles. The number of nitrogen functional groups attached to an aromatic ring is 1. The van der Waals surface area contributed by atoms with E-state index in [-0.39, 0.29) is 11.7 Å². The van der Waals surface area contributed by atoms with Crippen LogP contribution in [-0.4, -0.2) is 22.1 Å². The summed E-state index contributed by atoms with van der Waals surface area (Å²) in [4.78, 5) is 14.3. The normalized spacial score (nSPS) is 10.6. The van der Waals surface area contributed by atoms with Gasteiger partial charge in [-0.3, -0.25) is 4.79 Å². The molecule has 1 amide bonds. The van der Waals surface area contributed by atoms with E-state index in [1.807, 2.05) is 13.8 Å². The number of aromatic nitrogens is 1. The van der Waals surface area contributed by atoms with Crippen molar-refractivity contribution in [1.82, 2.24) is 4.57 Å². The van der Waals surface area contributed by atoms with Gasteiger partial charge >= 0.3 is 0 Å². The van der Waals surface area contributed by atoms with Crippen LogP contribution >= 0.6 is 0 Å². The number of hydrogen-bond donors (Lipinski definition) is 2. The minimum absolute atomic E-state index is 0.139. The highest BCUT2D eigenvalue weighted by Gasteiger charge is 2.20. The molecule has 0 bridgehead atoms. The molecule has 106 valence electrons. The molecule has 0 unspecified atom stereocenters. The number of nitrogens with zero attached hydrogens (tertiary/aromatic N) is 2. The number of nitrogens with two attached hydrogens (primary N) is 1. The van der Waals surface area contributed by atoms with Crippen molar-refractivity contribution >= 4 is 17.3 Å². The van der Waals surface area contributed by atoms with E-state index in [9.17, 15) is 9.90 Å². The molecule has 0 radical (unpaired) electrons. The summed E-state index contributed by atoms with van der Waals surface area (Å²) in [5, 5.41) is 9.63. The first-order valence-corrected chi connectivity index (χ1v) is 6.47. The van der Waals surface area contributed by atoms with E-state index in [1.54, 1.807) is 47.0 Å². The monoisotopic (exact) mass is 273 g/mol. The first-order valence-electron chi connectivity index (χ1n) is 6.47. The third-order valence-electron chi connectivity index (χ3n) is 3.29. The molecule has 0 aliphatic carbocycles. The zero-order chi connectivity index (χ0) is 14.9. The van der Waals surface area contributed by atoms with Gasteiger partial charge in [-0.1, -0.05) is 6.07 Å². The van der Waals surface area contributed by atoms with Gasteiger partial charge in [0.1, 0.15) is 11.4 Å². The highest BCUT2D eigenvalue weighted by Crippen LogP contribution is 2.26. The summed E-state index contributed by atoms with van der Waals surface area (Å²) in [6, 6.07) is 6.66. The van der Waals surface area contributed by atoms with Gasteiger partial charge in [0.2, 0.25) is 0 Å². The van der Waals surface area contributed by atoms with Crippen LogP contribution in [0.25, 0.3) is 0 Å². The number of aromatic hydroxyl groups is 1. The summed E-state index contributed by atoms with van der Waals surface area (Å²) in [7, 11) is 1.78. The number of carbonyl (C=O) groups excluding carboxylic acids is 1. The fraction of sp³-hybridized carbons (Fsp3) is 0.267. The Kier molecular flexibility index (Phi) is 3.70. The molecular weight excluding hydrogens is 254 g/mol.